The Morgan fingerprint density at radius 1 is 1.13 bits per heavy atom. The second kappa shape index (κ2) is 4.80. The van der Waals surface area contributed by atoms with E-state index in [9.17, 15) is 0 Å². The molecule has 0 saturated heterocycles. The second-order valence-corrected chi connectivity index (χ2v) is 5.18. The summed E-state index contributed by atoms with van der Waals surface area (Å²) >= 11 is 0. The van der Waals surface area contributed by atoms with Gasteiger partial charge in [-0.05, 0) is 30.0 Å². The highest BCUT2D eigenvalue weighted by atomic mass is 14.9. The number of nitrogens with one attached hydrogen (secondary N) is 1. The molecule has 1 N–H and O–H groups in total. The SMILES string of the molecule is CCc1ccc(C(NC)C(C)(C)C)cc1. The molecule has 15 heavy (non-hydrogen) atoms. The molecule has 1 nitrogen and oxygen atoms in total. The summed E-state index contributed by atoms with van der Waals surface area (Å²) in [7, 11) is 2.03. The molecule has 1 unspecified atom stereocenters. The maximum absolute atomic E-state index is 3.40. The Morgan fingerprint density at radius 3 is 2.00 bits per heavy atom. The summed E-state index contributed by atoms with van der Waals surface area (Å²) in [4.78, 5) is 0. The number of benzene rings is 1. The van der Waals surface area contributed by atoms with Crippen LogP contribution in [-0.4, -0.2) is 7.05 Å². The van der Waals surface area contributed by atoms with E-state index in [-0.39, 0.29) is 5.41 Å². The van der Waals surface area contributed by atoms with Crippen LogP contribution in [0.5, 0.6) is 0 Å². The van der Waals surface area contributed by atoms with Gasteiger partial charge in [-0.1, -0.05) is 52.0 Å². The Morgan fingerprint density at radius 2 is 1.67 bits per heavy atom. The first-order valence-electron chi connectivity index (χ1n) is 5.75. The molecule has 0 fully saturated rings. The molecule has 0 aromatic heterocycles. The summed E-state index contributed by atoms with van der Waals surface area (Å²) in [5, 5.41) is 3.40. The Kier molecular flexibility index (Phi) is 3.92. The van der Waals surface area contributed by atoms with Crippen molar-refractivity contribution >= 4 is 0 Å². The fourth-order valence-electron chi connectivity index (χ4n) is 2.05. The van der Waals surface area contributed by atoms with Crippen LogP contribution in [0.4, 0.5) is 0 Å². The van der Waals surface area contributed by atoms with Crippen LogP contribution >= 0.6 is 0 Å². The van der Waals surface area contributed by atoms with Gasteiger partial charge in [-0.2, -0.15) is 0 Å². The fourth-order valence-corrected chi connectivity index (χ4v) is 2.05. The van der Waals surface area contributed by atoms with E-state index in [1.807, 2.05) is 7.05 Å². The van der Waals surface area contributed by atoms with Gasteiger partial charge in [-0.25, -0.2) is 0 Å². The molecule has 0 bridgehead atoms. The molecule has 0 saturated carbocycles. The van der Waals surface area contributed by atoms with Crippen LogP contribution in [-0.2, 0) is 6.42 Å². The third-order valence-corrected chi connectivity index (χ3v) is 2.88. The molecule has 0 aliphatic heterocycles. The summed E-state index contributed by atoms with van der Waals surface area (Å²) in [5.74, 6) is 0. The van der Waals surface area contributed by atoms with Crippen LogP contribution in [0.1, 0.15) is 44.9 Å². The maximum Gasteiger partial charge on any atom is 0.0366 e. The average molecular weight is 205 g/mol. The zero-order valence-electron chi connectivity index (χ0n) is 10.6. The number of rotatable bonds is 3. The first-order chi connectivity index (χ1) is 6.99. The van der Waals surface area contributed by atoms with Crippen LogP contribution in [0, 0.1) is 5.41 Å². The summed E-state index contributed by atoms with van der Waals surface area (Å²) in [6.07, 6.45) is 1.11. The van der Waals surface area contributed by atoms with E-state index < -0.39 is 0 Å². The number of aryl methyl sites for hydroxylation is 1. The van der Waals surface area contributed by atoms with Gasteiger partial charge in [0.05, 0.1) is 0 Å². The Balaban J connectivity index is 2.93. The van der Waals surface area contributed by atoms with Gasteiger partial charge in [0.25, 0.3) is 0 Å². The van der Waals surface area contributed by atoms with Crippen molar-refractivity contribution in [2.75, 3.05) is 7.05 Å². The Bertz CT molecular complexity index is 292. The lowest BCUT2D eigenvalue weighted by molar-refractivity contribution is 0.287. The van der Waals surface area contributed by atoms with Crippen molar-refractivity contribution in [2.45, 2.75) is 40.2 Å². The molecule has 1 rings (SSSR count). The van der Waals surface area contributed by atoms with Crippen LogP contribution in [0.3, 0.4) is 0 Å². The standard InChI is InChI=1S/C14H23N/c1-6-11-7-9-12(10-8-11)13(15-5)14(2,3)4/h7-10,13,15H,6H2,1-5H3. The minimum atomic E-state index is 0.252. The van der Waals surface area contributed by atoms with Crippen LogP contribution in [0.2, 0.25) is 0 Å². The zero-order valence-corrected chi connectivity index (χ0v) is 10.6. The van der Waals surface area contributed by atoms with Gasteiger partial charge in [0, 0.05) is 6.04 Å². The van der Waals surface area contributed by atoms with Crippen molar-refractivity contribution in [1.29, 1.82) is 0 Å². The van der Waals surface area contributed by atoms with Crippen molar-refractivity contribution < 1.29 is 0 Å². The highest BCUT2D eigenvalue weighted by Gasteiger charge is 2.24. The summed E-state index contributed by atoms with van der Waals surface area (Å²) < 4.78 is 0. The number of hydrogen-bond donors (Lipinski definition) is 1. The van der Waals surface area contributed by atoms with Gasteiger partial charge in [-0.15, -0.1) is 0 Å². The van der Waals surface area contributed by atoms with Crippen molar-refractivity contribution in [1.82, 2.24) is 5.32 Å². The molecule has 1 heteroatoms. The summed E-state index contributed by atoms with van der Waals surface area (Å²) in [6.45, 7) is 8.99. The van der Waals surface area contributed by atoms with Crippen molar-refractivity contribution in [3.63, 3.8) is 0 Å². The molecule has 1 aromatic carbocycles. The first-order valence-corrected chi connectivity index (χ1v) is 5.75. The smallest absolute Gasteiger partial charge is 0.0366 e. The molecule has 0 heterocycles. The highest BCUT2D eigenvalue weighted by Crippen LogP contribution is 2.32. The highest BCUT2D eigenvalue weighted by molar-refractivity contribution is 5.26. The first kappa shape index (κ1) is 12.3. The quantitative estimate of drug-likeness (QED) is 0.795. The largest absolute Gasteiger partial charge is 0.313 e. The van der Waals surface area contributed by atoms with Crippen LogP contribution in [0.25, 0.3) is 0 Å². The molecule has 84 valence electrons. The lowest BCUT2D eigenvalue weighted by Crippen LogP contribution is -2.29. The van der Waals surface area contributed by atoms with Crippen LogP contribution < -0.4 is 5.32 Å². The fraction of sp³-hybridized carbons (Fsp3) is 0.571. The lowest BCUT2D eigenvalue weighted by atomic mass is 9.82. The average Bonchev–Trinajstić information content (AvgIpc) is 2.18. The molecule has 0 aliphatic rings. The van der Waals surface area contributed by atoms with Crippen molar-refractivity contribution in [3.05, 3.63) is 35.4 Å². The summed E-state index contributed by atoms with van der Waals surface area (Å²) in [6, 6.07) is 9.36. The molecular formula is C14H23N. The Hall–Kier alpha value is -0.820. The molecule has 0 radical (unpaired) electrons. The monoisotopic (exact) mass is 205 g/mol. The van der Waals surface area contributed by atoms with Crippen molar-refractivity contribution in [3.8, 4) is 0 Å². The van der Waals surface area contributed by atoms with Gasteiger partial charge in [0.15, 0.2) is 0 Å². The van der Waals surface area contributed by atoms with Gasteiger partial charge >= 0.3 is 0 Å². The molecule has 0 spiro atoms. The normalized spacial score (nSPS) is 13.9. The lowest BCUT2D eigenvalue weighted by Gasteiger charge is -2.31. The minimum absolute atomic E-state index is 0.252. The Labute approximate surface area is 93.9 Å². The number of hydrogen-bond acceptors (Lipinski definition) is 1. The van der Waals surface area contributed by atoms with E-state index in [0.29, 0.717) is 6.04 Å². The van der Waals surface area contributed by atoms with Crippen molar-refractivity contribution in [2.24, 2.45) is 5.41 Å². The third kappa shape index (κ3) is 3.07. The topological polar surface area (TPSA) is 12.0 Å². The molecular weight excluding hydrogens is 182 g/mol. The van der Waals surface area contributed by atoms with E-state index in [2.05, 4.69) is 57.3 Å². The molecule has 0 amide bonds. The molecule has 1 atom stereocenters. The van der Waals surface area contributed by atoms with Gasteiger partial charge in [0.1, 0.15) is 0 Å². The summed E-state index contributed by atoms with van der Waals surface area (Å²) in [5.41, 5.74) is 3.03. The third-order valence-electron chi connectivity index (χ3n) is 2.88. The van der Waals surface area contributed by atoms with E-state index in [4.69, 9.17) is 0 Å². The molecule has 1 aromatic rings. The predicted octanol–water partition coefficient (Wildman–Crippen LogP) is 3.56. The van der Waals surface area contributed by atoms with E-state index in [1.54, 1.807) is 0 Å². The van der Waals surface area contributed by atoms with Gasteiger partial charge < -0.3 is 5.32 Å². The van der Waals surface area contributed by atoms with E-state index in [0.717, 1.165) is 6.42 Å². The van der Waals surface area contributed by atoms with Gasteiger partial charge in [0.2, 0.25) is 0 Å². The van der Waals surface area contributed by atoms with Crippen LogP contribution in [0.15, 0.2) is 24.3 Å². The van der Waals surface area contributed by atoms with E-state index >= 15 is 0 Å². The second-order valence-electron chi connectivity index (χ2n) is 5.18. The minimum Gasteiger partial charge on any atom is -0.313 e. The zero-order chi connectivity index (χ0) is 11.5. The van der Waals surface area contributed by atoms with E-state index in [1.165, 1.54) is 11.1 Å². The van der Waals surface area contributed by atoms with Gasteiger partial charge in [-0.3, -0.25) is 0 Å². The predicted molar refractivity (Wildman–Crippen MR) is 67.1 cm³/mol. The maximum atomic E-state index is 3.40. The molecule has 0 aliphatic carbocycles.